The average Bonchev–Trinajstić information content (AvgIpc) is 2.33. The van der Waals surface area contributed by atoms with Crippen molar-refractivity contribution in [1.29, 1.82) is 0 Å². The molecule has 1 aromatic rings. The third-order valence-corrected chi connectivity index (χ3v) is 3.95. The van der Waals surface area contributed by atoms with Crippen molar-refractivity contribution in [3.63, 3.8) is 0 Å². The van der Waals surface area contributed by atoms with Gasteiger partial charge in [0, 0.05) is 24.2 Å². The molecular weight excluding hydrogens is 244 g/mol. The van der Waals surface area contributed by atoms with Crippen LogP contribution in [0.2, 0.25) is 0 Å². The van der Waals surface area contributed by atoms with Crippen LogP contribution in [0, 0.1) is 17.0 Å². The van der Waals surface area contributed by atoms with Gasteiger partial charge in [0.05, 0.1) is 10.5 Å². The molecule has 5 nitrogen and oxygen atoms in total. The van der Waals surface area contributed by atoms with E-state index in [4.69, 9.17) is 0 Å². The second kappa shape index (κ2) is 5.27. The van der Waals surface area contributed by atoms with E-state index in [-0.39, 0.29) is 16.7 Å². The van der Waals surface area contributed by atoms with E-state index in [1.807, 2.05) is 13.0 Å². The second-order valence-electron chi connectivity index (χ2n) is 5.48. The molecule has 5 heteroatoms. The molecule has 0 amide bonds. The minimum Gasteiger partial charge on any atom is -0.389 e. The fraction of sp³-hybridized carbons (Fsp3) is 0.571. The van der Waals surface area contributed by atoms with Crippen molar-refractivity contribution in [2.24, 2.45) is 0 Å². The van der Waals surface area contributed by atoms with Crippen LogP contribution < -0.4 is 5.32 Å². The van der Waals surface area contributed by atoms with Gasteiger partial charge in [0.15, 0.2) is 0 Å². The zero-order valence-corrected chi connectivity index (χ0v) is 11.3. The lowest BCUT2D eigenvalue weighted by Gasteiger charge is -2.37. The van der Waals surface area contributed by atoms with Crippen LogP contribution in [0.3, 0.4) is 0 Å². The zero-order chi connectivity index (χ0) is 14.0. The Bertz CT molecular complexity index is 484. The minimum absolute atomic E-state index is 0.0103. The number of hydrogen-bond donors (Lipinski definition) is 2. The Morgan fingerprint density at radius 3 is 2.74 bits per heavy atom. The fourth-order valence-corrected chi connectivity index (χ4v) is 2.32. The van der Waals surface area contributed by atoms with Crippen molar-refractivity contribution in [3.8, 4) is 0 Å². The Hall–Kier alpha value is -1.46. The number of aryl methyl sites for hydroxylation is 1. The number of rotatable bonds is 5. The van der Waals surface area contributed by atoms with E-state index in [2.05, 4.69) is 5.32 Å². The smallest absolute Gasteiger partial charge is 0.272 e. The van der Waals surface area contributed by atoms with Gasteiger partial charge in [0.1, 0.15) is 0 Å². The summed E-state index contributed by atoms with van der Waals surface area (Å²) in [4.78, 5) is 10.6. The van der Waals surface area contributed by atoms with Gasteiger partial charge in [-0.2, -0.15) is 0 Å². The molecule has 1 fully saturated rings. The van der Waals surface area contributed by atoms with Gasteiger partial charge in [0.2, 0.25) is 0 Å². The summed E-state index contributed by atoms with van der Waals surface area (Å²) in [5.74, 6) is 0. The number of nitrogens with one attached hydrogen (secondary N) is 1. The predicted octanol–water partition coefficient (Wildman–Crippen LogP) is 2.47. The molecule has 1 saturated carbocycles. The molecule has 0 aliphatic heterocycles. The monoisotopic (exact) mass is 264 g/mol. The summed E-state index contributed by atoms with van der Waals surface area (Å²) in [7, 11) is 0. The van der Waals surface area contributed by atoms with Crippen LogP contribution >= 0.6 is 0 Å². The van der Waals surface area contributed by atoms with Crippen molar-refractivity contribution < 1.29 is 10.0 Å². The lowest BCUT2D eigenvalue weighted by atomic mass is 9.80. The summed E-state index contributed by atoms with van der Waals surface area (Å²) in [6.45, 7) is 4.23. The Morgan fingerprint density at radius 2 is 2.21 bits per heavy atom. The average molecular weight is 264 g/mol. The lowest BCUT2D eigenvalue weighted by molar-refractivity contribution is -0.385. The predicted molar refractivity (Wildman–Crippen MR) is 73.1 cm³/mol. The van der Waals surface area contributed by atoms with Crippen LogP contribution in [0.1, 0.15) is 43.4 Å². The lowest BCUT2D eigenvalue weighted by Crippen LogP contribution is -2.46. The van der Waals surface area contributed by atoms with Crippen molar-refractivity contribution in [1.82, 2.24) is 5.32 Å². The summed E-state index contributed by atoms with van der Waals surface area (Å²) in [6, 6.07) is 5.26. The third-order valence-electron chi connectivity index (χ3n) is 3.95. The maximum atomic E-state index is 10.9. The van der Waals surface area contributed by atoms with Crippen LogP contribution in [-0.4, -0.2) is 22.2 Å². The molecular formula is C14H20N2O3. The molecule has 104 valence electrons. The maximum absolute atomic E-state index is 10.9. The molecule has 1 aliphatic carbocycles. The zero-order valence-electron chi connectivity index (χ0n) is 11.3. The molecule has 19 heavy (non-hydrogen) atoms. The Kier molecular flexibility index (Phi) is 3.87. The molecule has 2 rings (SSSR count). The van der Waals surface area contributed by atoms with Crippen LogP contribution in [0.15, 0.2) is 18.2 Å². The molecule has 0 saturated heterocycles. The highest BCUT2D eigenvalue weighted by Gasteiger charge is 2.34. The summed E-state index contributed by atoms with van der Waals surface area (Å²) < 4.78 is 0. The summed E-state index contributed by atoms with van der Waals surface area (Å²) in [5, 5.41) is 24.2. The van der Waals surface area contributed by atoms with Gasteiger partial charge in [-0.3, -0.25) is 10.1 Å². The van der Waals surface area contributed by atoms with E-state index < -0.39 is 5.60 Å². The van der Waals surface area contributed by atoms with E-state index in [9.17, 15) is 15.2 Å². The van der Waals surface area contributed by atoms with Crippen molar-refractivity contribution in [2.75, 3.05) is 6.54 Å². The number of benzene rings is 1. The molecule has 2 N–H and O–H groups in total. The molecule has 0 spiro atoms. The molecule has 1 aliphatic rings. The quantitative estimate of drug-likeness (QED) is 0.632. The third kappa shape index (κ3) is 3.11. The first-order chi connectivity index (χ1) is 8.91. The molecule has 0 radical (unpaired) electrons. The number of nitro groups is 1. The SMILES string of the molecule is Cc1ccc(C(C)NCC2(O)CCC2)cc1[N+](=O)[O-]. The minimum atomic E-state index is -0.578. The highest BCUT2D eigenvalue weighted by atomic mass is 16.6. The van der Waals surface area contributed by atoms with Gasteiger partial charge in [-0.25, -0.2) is 0 Å². The Morgan fingerprint density at radius 1 is 1.53 bits per heavy atom. The summed E-state index contributed by atoms with van der Waals surface area (Å²) >= 11 is 0. The normalized spacial score (nSPS) is 18.7. The van der Waals surface area contributed by atoms with Crippen LogP contribution in [-0.2, 0) is 0 Å². The van der Waals surface area contributed by atoms with Gasteiger partial charge >= 0.3 is 0 Å². The van der Waals surface area contributed by atoms with E-state index >= 15 is 0 Å². The molecule has 0 aromatic heterocycles. The summed E-state index contributed by atoms with van der Waals surface area (Å²) in [5.41, 5.74) is 1.11. The molecule has 1 aromatic carbocycles. The van der Waals surface area contributed by atoms with Crippen molar-refractivity contribution in [3.05, 3.63) is 39.4 Å². The number of hydrogen-bond acceptors (Lipinski definition) is 4. The highest BCUT2D eigenvalue weighted by Crippen LogP contribution is 2.31. The van der Waals surface area contributed by atoms with Crippen molar-refractivity contribution >= 4 is 5.69 Å². The number of nitrogens with zero attached hydrogens (tertiary/aromatic N) is 1. The molecule has 1 unspecified atom stereocenters. The van der Waals surface area contributed by atoms with Crippen LogP contribution in [0.4, 0.5) is 5.69 Å². The largest absolute Gasteiger partial charge is 0.389 e. The standard InChI is InChI=1S/C14H20N2O3/c1-10-4-5-12(8-13(10)16(18)19)11(2)15-9-14(17)6-3-7-14/h4-5,8,11,15,17H,3,6-7,9H2,1-2H3. The Labute approximate surface area is 112 Å². The van der Waals surface area contributed by atoms with Gasteiger partial charge in [0.25, 0.3) is 5.69 Å². The first-order valence-electron chi connectivity index (χ1n) is 6.62. The van der Waals surface area contributed by atoms with E-state index in [0.717, 1.165) is 24.8 Å². The van der Waals surface area contributed by atoms with Gasteiger partial charge < -0.3 is 10.4 Å². The highest BCUT2D eigenvalue weighted by molar-refractivity contribution is 5.43. The van der Waals surface area contributed by atoms with E-state index in [0.29, 0.717) is 12.1 Å². The van der Waals surface area contributed by atoms with Crippen LogP contribution in [0.5, 0.6) is 0 Å². The fourth-order valence-electron chi connectivity index (χ4n) is 2.32. The molecule has 1 atom stereocenters. The van der Waals surface area contributed by atoms with E-state index in [1.54, 1.807) is 19.1 Å². The molecule has 0 bridgehead atoms. The Balaban J connectivity index is 2.04. The van der Waals surface area contributed by atoms with Crippen molar-refractivity contribution in [2.45, 2.75) is 44.8 Å². The van der Waals surface area contributed by atoms with Gasteiger partial charge in [-0.1, -0.05) is 12.1 Å². The van der Waals surface area contributed by atoms with Crippen LogP contribution in [0.25, 0.3) is 0 Å². The maximum Gasteiger partial charge on any atom is 0.272 e. The number of aliphatic hydroxyl groups is 1. The first kappa shape index (κ1) is 14.0. The second-order valence-corrected chi connectivity index (χ2v) is 5.48. The summed E-state index contributed by atoms with van der Waals surface area (Å²) in [6.07, 6.45) is 2.74. The first-order valence-corrected chi connectivity index (χ1v) is 6.62. The molecule has 0 heterocycles. The van der Waals surface area contributed by atoms with Gasteiger partial charge in [-0.05, 0) is 38.7 Å². The number of nitro benzene ring substituents is 1. The van der Waals surface area contributed by atoms with Gasteiger partial charge in [-0.15, -0.1) is 0 Å². The topological polar surface area (TPSA) is 75.4 Å². The van der Waals surface area contributed by atoms with E-state index in [1.165, 1.54) is 0 Å².